The van der Waals surface area contributed by atoms with Crippen molar-refractivity contribution in [2.75, 3.05) is 14.2 Å². The molecule has 26 heavy (non-hydrogen) atoms. The monoisotopic (exact) mass is 362 g/mol. The van der Waals surface area contributed by atoms with E-state index in [1.54, 1.807) is 24.3 Å². The lowest BCUT2D eigenvalue weighted by Crippen LogP contribution is -2.30. The van der Waals surface area contributed by atoms with Crippen molar-refractivity contribution in [2.24, 2.45) is 0 Å². The van der Waals surface area contributed by atoms with E-state index in [9.17, 15) is 14.7 Å². The van der Waals surface area contributed by atoms with Gasteiger partial charge in [-0.3, -0.25) is 9.59 Å². The highest BCUT2D eigenvalue weighted by Gasteiger charge is 2.22. The number of hydrogen-bond donors (Lipinski definition) is 2. The molecule has 0 saturated heterocycles. The van der Waals surface area contributed by atoms with Crippen LogP contribution in [0.4, 0.5) is 0 Å². The summed E-state index contributed by atoms with van der Waals surface area (Å²) < 4.78 is 15.5. The predicted molar refractivity (Wildman–Crippen MR) is 92.6 cm³/mol. The zero-order valence-electron chi connectivity index (χ0n) is 15.1. The average molecular weight is 362 g/mol. The molecule has 1 amide bonds. The van der Waals surface area contributed by atoms with Crippen LogP contribution in [0, 0.1) is 0 Å². The third-order valence-electron chi connectivity index (χ3n) is 3.82. The van der Waals surface area contributed by atoms with Gasteiger partial charge in [-0.15, -0.1) is 0 Å². The fraction of sp³-hybridized carbons (Fsp3) is 0.389. The van der Waals surface area contributed by atoms with Crippen LogP contribution < -0.4 is 14.8 Å². The van der Waals surface area contributed by atoms with Crippen LogP contribution in [-0.4, -0.2) is 36.4 Å². The van der Waals surface area contributed by atoms with Gasteiger partial charge in [0.1, 0.15) is 5.76 Å². The summed E-state index contributed by atoms with van der Waals surface area (Å²) in [7, 11) is 2.99. The number of carboxylic acids is 1. The van der Waals surface area contributed by atoms with Crippen LogP contribution in [-0.2, 0) is 4.79 Å². The highest BCUT2D eigenvalue weighted by molar-refractivity contribution is 5.92. The van der Waals surface area contributed by atoms with Gasteiger partial charge < -0.3 is 24.4 Å². The van der Waals surface area contributed by atoms with Gasteiger partial charge in [-0.25, -0.2) is 0 Å². The Bertz CT molecular complexity index is 784. The molecule has 0 aliphatic heterocycles. The number of carbonyl (C=O) groups excluding carboxylic acids is 1. The molecule has 140 valence electrons. The molecule has 0 saturated carbocycles. The van der Waals surface area contributed by atoms with E-state index in [-0.39, 0.29) is 18.0 Å². The van der Waals surface area contributed by atoms with Crippen molar-refractivity contribution in [3.8, 4) is 11.5 Å². The number of aromatic nitrogens is 1. The molecule has 8 heteroatoms. The van der Waals surface area contributed by atoms with Gasteiger partial charge in [0.25, 0.3) is 5.91 Å². The van der Waals surface area contributed by atoms with Gasteiger partial charge in [-0.05, 0) is 17.7 Å². The van der Waals surface area contributed by atoms with E-state index in [0.29, 0.717) is 22.8 Å². The van der Waals surface area contributed by atoms with Gasteiger partial charge >= 0.3 is 5.97 Å². The fourth-order valence-corrected chi connectivity index (χ4v) is 2.40. The van der Waals surface area contributed by atoms with E-state index in [0.717, 1.165) is 0 Å². The Balaban J connectivity index is 2.26. The number of methoxy groups -OCH3 is 2. The molecule has 0 bridgehead atoms. The molecule has 2 N–H and O–H groups in total. The first kappa shape index (κ1) is 19.3. The Hall–Kier alpha value is -3.03. The van der Waals surface area contributed by atoms with Gasteiger partial charge in [-0.1, -0.05) is 25.1 Å². The minimum Gasteiger partial charge on any atom is -0.493 e. The third kappa shape index (κ3) is 4.53. The lowest BCUT2D eigenvalue weighted by Gasteiger charge is -2.18. The Morgan fingerprint density at radius 3 is 2.42 bits per heavy atom. The summed E-state index contributed by atoms with van der Waals surface area (Å²) >= 11 is 0. The molecule has 0 aliphatic rings. The van der Waals surface area contributed by atoms with Gasteiger partial charge in [0.15, 0.2) is 17.2 Å². The summed E-state index contributed by atoms with van der Waals surface area (Å²) in [5, 5.41) is 15.6. The van der Waals surface area contributed by atoms with Crippen LogP contribution in [0.15, 0.2) is 28.8 Å². The smallest absolute Gasteiger partial charge is 0.305 e. The summed E-state index contributed by atoms with van der Waals surface area (Å²) in [6.45, 7) is 3.83. The highest BCUT2D eigenvalue weighted by atomic mass is 16.5. The van der Waals surface area contributed by atoms with Crippen molar-refractivity contribution in [3.05, 3.63) is 41.3 Å². The second-order valence-corrected chi connectivity index (χ2v) is 6.01. The Kier molecular flexibility index (Phi) is 6.21. The third-order valence-corrected chi connectivity index (χ3v) is 3.82. The summed E-state index contributed by atoms with van der Waals surface area (Å²) in [5.74, 6) is 0.0588. The first-order valence-corrected chi connectivity index (χ1v) is 8.06. The molecule has 0 spiro atoms. The van der Waals surface area contributed by atoms with Crippen LogP contribution in [0.1, 0.15) is 54.0 Å². The maximum absolute atomic E-state index is 12.4. The van der Waals surface area contributed by atoms with E-state index in [1.807, 2.05) is 13.8 Å². The van der Waals surface area contributed by atoms with Crippen LogP contribution >= 0.6 is 0 Å². The molecule has 1 atom stereocenters. The molecule has 1 aromatic heterocycles. The normalized spacial score (nSPS) is 11.9. The molecule has 0 fully saturated rings. The molecule has 1 aromatic carbocycles. The number of aliphatic carboxylic acids is 1. The van der Waals surface area contributed by atoms with Gasteiger partial charge in [0, 0.05) is 12.0 Å². The largest absolute Gasteiger partial charge is 0.493 e. The number of nitrogens with zero attached hydrogens (tertiary/aromatic N) is 1. The van der Waals surface area contributed by atoms with Crippen molar-refractivity contribution >= 4 is 11.9 Å². The summed E-state index contributed by atoms with van der Waals surface area (Å²) in [6, 6.07) is 5.75. The maximum Gasteiger partial charge on any atom is 0.305 e. The Morgan fingerprint density at radius 1 is 1.19 bits per heavy atom. The van der Waals surface area contributed by atoms with E-state index in [1.165, 1.54) is 14.2 Å². The van der Waals surface area contributed by atoms with E-state index in [2.05, 4.69) is 10.5 Å². The number of nitrogens with one attached hydrogen (secondary N) is 1. The van der Waals surface area contributed by atoms with Crippen molar-refractivity contribution in [1.29, 1.82) is 0 Å². The number of rotatable bonds is 8. The van der Waals surface area contributed by atoms with Crippen molar-refractivity contribution < 1.29 is 28.7 Å². The molecular weight excluding hydrogens is 340 g/mol. The zero-order chi connectivity index (χ0) is 19.3. The van der Waals surface area contributed by atoms with Crippen LogP contribution in [0.3, 0.4) is 0 Å². The molecular formula is C18H22N2O6. The molecule has 2 aromatic rings. The topological polar surface area (TPSA) is 111 Å². The minimum absolute atomic E-state index is 0.0877. The molecule has 1 heterocycles. The minimum atomic E-state index is -1.05. The predicted octanol–water partition coefficient (Wildman–Crippen LogP) is 2.76. The highest BCUT2D eigenvalue weighted by Crippen LogP contribution is 2.31. The second kappa shape index (κ2) is 8.37. The van der Waals surface area contributed by atoms with Gasteiger partial charge in [0.05, 0.1) is 26.7 Å². The van der Waals surface area contributed by atoms with Crippen molar-refractivity contribution in [3.63, 3.8) is 0 Å². The van der Waals surface area contributed by atoms with Crippen LogP contribution in [0.2, 0.25) is 0 Å². The first-order chi connectivity index (χ1) is 12.3. The average Bonchev–Trinajstić information content (AvgIpc) is 3.10. The standard InChI is InChI=1S/C18H22N2O6/c1-10(2)15-8-13(20-26-15)18(23)19-12(9-17(21)22)11-5-6-14(24-3)16(7-11)25-4/h5-8,10,12H,9H2,1-4H3,(H,19,23)(H,21,22). The molecule has 0 radical (unpaired) electrons. The molecule has 2 rings (SSSR count). The van der Waals surface area contributed by atoms with Crippen molar-refractivity contribution in [1.82, 2.24) is 10.5 Å². The fourth-order valence-electron chi connectivity index (χ4n) is 2.40. The first-order valence-electron chi connectivity index (χ1n) is 8.06. The van der Waals surface area contributed by atoms with Crippen molar-refractivity contribution in [2.45, 2.75) is 32.2 Å². The second-order valence-electron chi connectivity index (χ2n) is 6.01. The van der Waals surface area contributed by atoms with Gasteiger partial charge in [-0.2, -0.15) is 0 Å². The lowest BCUT2D eigenvalue weighted by atomic mass is 10.0. The summed E-state index contributed by atoms with van der Waals surface area (Å²) in [5.41, 5.74) is 0.676. The quantitative estimate of drug-likeness (QED) is 0.743. The van der Waals surface area contributed by atoms with E-state index in [4.69, 9.17) is 14.0 Å². The number of benzene rings is 1. The van der Waals surface area contributed by atoms with E-state index >= 15 is 0 Å². The molecule has 0 aliphatic carbocycles. The molecule has 8 nitrogen and oxygen atoms in total. The summed E-state index contributed by atoms with van der Waals surface area (Å²) in [4.78, 5) is 23.7. The molecule has 1 unspecified atom stereocenters. The Morgan fingerprint density at radius 2 is 1.88 bits per heavy atom. The summed E-state index contributed by atoms with van der Waals surface area (Å²) in [6.07, 6.45) is -0.296. The number of carboxylic acid groups (broad SMARTS) is 1. The van der Waals surface area contributed by atoms with Crippen LogP contribution in [0.25, 0.3) is 0 Å². The lowest BCUT2D eigenvalue weighted by molar-refractivity contribution is -0.137. The van der Waals surface area contributed by atoms with Crippen LogP contribution in [0.5, 0.6) is 11.5 Å². The van der Waals surface area contributed by atoms with Gasteiger partial charge in [0.2, 0.25) is 0 Å². The SMILES string of the molecule is COc1ccc(C(CC(=O)O)NC(=O)c2cc(C(C)C)on2)cc1OC. The zero-order valence-corrected chi connectivity index (χ0v) is 15.1. The Labute approximate surface area is 151 Å². The maximum atomic E-state index is 12.4. The number of ether oxygens (including phenoxy) is 2. The number of carbonyl (C=O) groups is 2. The van der Waals surface area contributed by atoms with E-state index < -0.39 is 17.9 Å². The number of hydrogen-bond acceptors (Lipinski definition) is 6. The number of amides is 1.